The fourth-order valence-corrected chi connectivity index (χ4v) is 1.32. The van der Waals surface area contributed by atoms with Gasteiger partial charge in [0, 0.05) is 13.1 Å². The summed E-state index contributed by atoms with van der Waals surface area (Å²) in [7, 11) is 1.81. The Hall–Kier alpha value is -0.600. The van der Waals surface area contributed by atoms with Gasteiger partial charge in [0.05, 0.1) is 22.3 Å². The molecule has 0 fully saturated rings. The van der Waals surface area contributed by atoms with Crippen LogP contribution in [0.2, 0.25) is 10.0 Å². The highest BCUT2D eigenvalue weighted by Gasteiger charge is 2.06. The van der Waals surface area contributed by atoms with Crippen LogP contribution in [-0.4, -0.2) is 13.7 Å². The average molecular weight is 220 g/mol. The first-order valence-corrected chi connectivity index (χ1v) is 4.74. The molecule has 0 unspecified atom stereocenters. The predicted octanol–water partition coefficient (Wildman–Crippen LogP) is 3.43. The number of hydrogen-bond acceptors (Lipinski definition) is 2. The van der Waals surface area contributed by atoms with Crippen molar-refractivity contribution in [2.45, 2.75) is 6.92 Å². The van der Waals surface area contributed by atoms with Crippen LogP contribution in [0.1, 0.15) is 6.92 Å². The number of benzene rings is 1. The number of rotatable bonds is 3. The topological polar surface area (TPSA) is 21.3 Å². The van der Waals surface area contributed by atoms with Crippen molar-refractivity contribution < 1.29 is 4.74 Å². The lowest BCUT2D eigenvalue weighted by atomic mass is 10.3. The van der Waals surface area contributed by atoms with Crippen LogP contribution in [0.15, 0.2) is 12.1 Å². The van der Waals surface area contributed by atoms with Crippen LogP contribution in [0.5, 0.6) is 5.75 Å². The van der Waals surface area contributed by atoms with E-state index in [9.17, 15) is 0 Å². The molecule has 1 aromatic carbocycles. The molecule has 13 heavy (non-hydrogen) atoms. The van der Waals surface area contributed by atoms with Gasteiger partial charge in [-0.25, -0.2) is 0 Å². The molecule has 0 bridgehead atoms. The van der Waals surface area contributed by atoms with Gasteiger partial charge in [0.25, 0.3) is 0 Å². The van der Waals surface area contributed by atoms with Crippen molar-refractivity contribution in [2.24, 2.45) is 0 Å². The van der Waals surface area contributed by atoms with Crippen molar-refractivity contribution in [3.63, 3.8) is 0 Å². The largest absolute Gasteiger partial charge is 0.492 e. The molecule has 1 rings (SSSR count). The highest BCUT2D eigenvalue weighted by atomic mass is 35.5. The summed E-state index contributed by atoms with van der Waals surface area (Å²) in [6.45, 7) is 2.52. The zero-order valence-electron chi connectivity index (χ0n) is 7.53. The lowest BCUT2D eigenvalue weighted by Crippen LogP contribution is -1.97. The minimum Gasteiger partial charge on any atom is -0.492 e. The minimum atomic E-state index is 0.504. The molecule has 4 heteroatoms. The molecular formula is C9H11Cl2NO. The normalized spacial score (nSPS) is 9.85. The van der Waals surface area contributed by atoms with Gasteiger partial charge in [0.1, 0.15) is 5.75 Å². The number of nitrogens with one attached hydrogen (secondary N) is 1. The highest BCUT2D eigenvalue weighted by Crippen LogP contribution is 2.33. The van der Waals surface area contributed by atoms with Gasteiger partial charge < -0.3 is 10.1 Å². The Bertz CT molecular complexity index is 302. The number of ether oxygens (including phenoxy) is 1. The quantitative estimate of drug-likeness (QED) is 0.842. The molecule has 0 aliphatic heterocycles. The second-order valence-corrected chi connectivity index (χ2v) is 3.26. The van der Waals surface area contributed by atoms with Crippen LogP contribution >= 0.6 is 23.2 Å². The van der Waals surface area contributed by atoms with Crippen molar-refractivity contribution in [1.82, 2.24) is 0 Å². The van der Waals surface area contributed by atoms with E-state index in [1.165, 1.54) is 0 Å². The van der Waals surface area contributed by atoms with E-state index in [0.717, 1.165) is 11.4 Å². The van der Waals surface area contributed by atoms with Gasteiger partial charge in [-0.15, -0.1) is 0 Å². The van der Waals surface area contributed by atoms with E-state index in [-0.39, 0.29) is 0 Å². The van der Waals surface area contributed by atoms with Gasteiger partial charge in [-0.1, -0.05) is 23.2 Å². The zero-order valence-corrected chi connectivity index (χ0v) is 9.04. The summed E-state index contributed by atoms with van der Waals surface area (Å²) < 4.78 is 5.36. The molecule has 0 spiro atoms. The van der Waals surface area contributed by atoms with Crippen molar-refractivity contribution >= 4 is 28.9 Å². The fourth-order valence-electron chi connectivity index (χ4n) is 0.999. The van der Waals surface area contributed by atoms with Crippen LogP contribution in [0.3, 0.4) is 0 Å². The van der Waals surface area contributed by atoms with Crippen molar-refractivity contribution in [3.8, 4) is 5.75 Å². The van der Waals surface area contributed by atoms with Gasteiger partial charge >= 0.3 is 0 Å². The van der Waals surface area contributed by atoms with E-state index in [1.807, 2.05) is 14.0 Å². The molecule has 1 N–H and O–H groups in total. The molecule has 2 nitrogen and oxygen atoms in total. The summed E-state index contributed by atoms with van der Waals surface area (Å²) in [5, 5.41) is 4.01. The predicted molar refractivity (Wildman–Crippen MR) is 57.2 cm³/mol. The maximum atomic E-state index is 5.84. The van der Waals surface area contributed by atoms with E-state index in [1.54, 1.807) is 12.1 Å². The van der Waals surface area contributed by atoms with E-state index >= 15 is 0 Å². The molecule has 0 radical (unpaired) electrons. The molecular weight excluding hydrogens is 209 g/mol. The Kier molecular flexibility index (Phi) is 3.70. The summed E-state index contributed by atoms with van der Waals surface area (Å²) in [5.41, 5.74) is 0.844. The lowest BCUT2D eigenvalue weighted by Gasteiger charge is -2.10. The molecule has 0 heterocycles. The highest BCUT2D eigenvalue weighted by molar-refractivity contribution is 6.42. The Balaban J connectivity index is 3.09. The molecule has 72 valence electrons. The molecule has 0 amide bonds. The van der Waals surface area contributed by atoms with Crippen molar-refractivity contribution in [2.75, 3.05) is 19.0 Å². The summed E-state index contributed by atoms with van der Waals surface area (Å²) in [4.78, 5) is 0. The molecule has 0 aliphatic rings. The third kappa shape index (κ3) is 2.42. The van der Waals surface area contributed by atoms with E-state index in [4.69, 9.17) is 27.9 Å². The number of hydrogen-bond donors (Lipinski definition) is 1. The minimum absolute atomic E-state index is 0.504. The molecule has 0 saturated heterocycles. The first kappa shape index (κ1) is 10.5. The molecule has 0 saturated carbocycles. The summed E-state index contributed by atoms with van der Waals surface area (Å²) in [6, 6.07) is 3.45. The monoisotopic (exact) mass is 219 g/mol. The Morgan fingerprint density at radius 3 is 2.46 bits per heavy atom. The van der Waals surface area contributed by atoms with E-state index in [2.05, 4.69) is 5.32 Å². The Morgan fingerprint density at radius 1 is 1.31 bits per heavy atom. The van der Waals surface area contributed by atoms with E-state index in [0.29, 0.717) is 16.7 Å². The molecule has 0 aliphatic carbocycles. The SMILES string of the molecule is CCOc1cc(Cl)c(Cl)cc1NC. The van der Waals surface area contributed by atoms with Crippen LogP contribution in [0.25, 0.3) is 0 Å². The lowest BCUT2D eigenvalue weighted by molar-refractivity contribution is 0.342. The fraction of sp³-hybridized carbons (Fsp3) is 0.333. The third-order valence-corrected chi connectivity index (χ3v) is 2.31. The molecule has 1 aromatic rings. The first-order chi connectivity index (χ1) is 6.19. The number of halogens is 2. The third-order valence-electron chi connectivity index (χ3n) is 1.59. The number of anilines is 1. The Morgan fingerprint density at radius 2 is 1.92 bits per heavy atom. The maximum Gasteiger partial charge on any atom is 0.143 e. The molecule has 0 atom stereocenters. The second kappa shape index (κ2) is 4.58. The van der Waals surface area contributed by atoms with Gasteiger partial charge in [0.2, 0.25) is 0 Å². The smallest absolute Gasteiger partial charge is 0.143 e. The van der Waals surface area contributed by atoms with Crippen LogP contribution in [-0.2, 0) is 0 Å². The van der Waals surface area contributed by atoms with Gasteiger partial charge in [-0.05, 0) is 13.0 Å². The zero-order chi connectivity index (χ0) is 9.84. The standard InChI is InChI=1S/C9H11Cl2NO/c1-3-13-9-5-7(11)6(10)4-8(9)12-2/h4-5,12H,3H2,1-2H3. The molecule has 0 aromatic heterocycles. The second-order valence-electron chi connectivity index (χ2n) is 2.45. The van der Waals surface area contributed by atoms with Gasteiger partial charge in [-0.2, -0.15) is 0 Å². The van der Waals surface area contributed by atoms with Gasteiger partial charge in [0.15, 0.2) is 0 Å². The van der Waals surface area contributed by atoms with Crippen LogP contribution < -0.4 is 10.1 Å². The van der Waals surface area contributed by atoms with Gasteiger partial charge in [-0.3, -0.25) is 0 Å². The first-order valence-electron chi connectivity index (χ1n) is 3.98. The average Bonchev–Trinajstić information content (AvgIpc) is 2.11. The summed E-state index contributed by atoms with van der Waals surface area (Å²) >= 11 is 11.7. The van der Waals surface area contributed by atoms with Crippen LogP contribution in [0.4, 0.5) is 5.69 Å². The Labute approximate surface area is 87.8 Å². The maximum absolute atomic E-state index is 5.84. The summed E-state index contributed by atoms with van der Waals surface area (Å²) in [6.07, 6.45) is 0. The van der Waals surface area contributed by atoms with Crippen molar-refractivity contribution in [3.05, 3.63) is 22.2 Å². The van der Waals surface area contributed by atoms with E-state index < -0.39 is 0 Å². The van der Waals surface area contributed by atoms with Crippen LogP contribution in [0, 0.1) is 0 Å². The van der Waals surface area contributed by atoms with Crippen molar-refractivity contribution in [1.29, 1.82) is 0 Å². The summed E-state index contributed by atoms with van der Waals surface area (Å²) in [5.74, 6) is 0.722.